The molecule has 2 aromatic rings. The molecular weight excluding hydrogens is 250 g/mol. The van der Waals surface area contributed by atoms with Crippen molar-refractivity contribution in [3.63, 3.8) is 0 Å². The molecule has 4 nitrogen and oxygen atoms in total. The van der Waals surface area contributed by atoms with E-state index in [4.69, 9.17) is 10.5 Å². The lowest BCUT2D eigenvalue weighted by Crippen LogP contribution is -2.04. The number of benzene rings is 1. The number of aromatic nitrogens is 2. The third kappa shape index (κ3) is 2.64. The molecule has 2 N–H and O–H groups in total. The van der Waals surface area contributed by atoms with Crippen LogP contribution in [0.5, 0.6) is 5.75 Å². The van der Waals surface area contributed by atoms with Gasteiger partial charge in [-0.1, -0.05) is 13.3 Å². The van der Waals surface area contributed by atoms with Crippen LogP contribution in [0.2, 0.25) is 0 Å². The molecule has 20 heavy (non-hydrogen) atoms. The third-order valence-electron chi connectivity index (χ3n) is 3.60. The standard InChI is InChI=1S/C16H23N3O/c1-5-6-9-19-12(3)18-15(16(19)17)13-7-8-14(20-4)11(2)10-13/h7-8,10H,5-6,9,17H2,1-4H3. The highest BCUT2D eigenvalue weighted by Crippen LogP contribution is 2.30. The summed E-state index contributed by atoms with van der Waals surface area (Å²) in [5, 5.41) is 0. The summed E-state index contributed by atoms with van der Waals surface area (Å²) in [6.07, 6.45) is 2.26. The van der Waals surface area contributed by atoms with Gasteiger partial charge in [0.05, 0.1) is 7.11 Å². The zero-order chi connectivity index (χ0) is 14.7. The van der Waals surface area contributed by atoms with Crippen LogP contribution in [-0.4, -0.2) is 16.7 Å². The van der Waals surface area contributed by atoms with Gasteiger partial charge in [-0.05, 0) is 44.0 Å². The molecule has 1 aromatic carbocycles. The Morgan fingerprint density at radius 2 is 2.05 bits per heavy atom. The van der Waals surface area contributed by atoms with Gasteiger partial charge in [0.25, 0.3) is 0 Å². The van der Waals surface area contributed by atoms with Crippen LogP contribution in [0.4, 0.5) is 5.82 Å². The molecule has 0 aliphatic rings. The molecule has 0 aliphatic carbocycles. The maximum atomic E-state index is 6.27. The number of nitrogen functional groups attached to an aromatic ring is 1. The highest BCUT2D eigenvalue weighted by atomic mass is 16.5. The number of anilines is 1. The number of nitrogens with two attached hydrogens (primary N) is 1. The molecule has 0 unspecified atom stereocenters. The van der Waals surface area contributed by atoms with Crippen molar-refractivity contribution in [3.05, 3.63) is 29.6 Å². The van der Waals surface area contributed by atoms with Gasteiger partial charge in [0.2, 0.25) is 0 Å². The Bertz CT molecular complexity index is 602. The Morgan fingerprint density at radius 3 is 2.65 bits per heavy atom. The minimum Gasteiger partial charge on any atom is -0.496 e. The summed E-state index contributed by atoms with van der Waals surface area (Å²) in [6.45, 7) is 7.14. The molecule has 0 fully saturated rings. The minimum atomic E-state index is 0.750. The summed E-state index contributed by atoms with van der Waals surface area (Å²) < 4.78 is 7.39. The number of methoxy groups -OCH3 is 1. The summed E-state index contributed by atoms with van der Waals surface area (Å²) in [5.41, 5.74) is 9.26. The quantitative estimate of drug-likeness (QED) is 0.906. The van der Waals surface area contributed by atoms with Gasteiger partial charge in [0.15, 0.2) is 0 Å². The van der Waals surface area contributed by atoms with Crippen LogP contribution in [-0.2, 0) is 6.54 Å². The fraction of sp³-hybridized carbons (Fsp3) is 0.438. The molecule has 1 heterocycles. The molecule has 0 radical (unpaired) electrons. The summed E-state index contributed by atoms with van der Waals surface area (Å²) in [4.78, 5) is 4.63. The largest absolute Gasteiger partial charge is 0.496 e. The molecule has 0 atom stereocenters. The number of ether oxygens (including phenoxy) is 1. The summed E-state index contributed by atoms with van der Waals surface area (Å²) in [6, 6.07) is 6.04. The van der Waals surface area contributed by atoms with Crippen LogP contribution in [0, 0.1) is 13.8 Å². The predicted molar refractivity (Wildman–Crippen MR) is 83.0 cm³/mol. The van der Waals surface area contributed by atoms with Crippen molar-refractivity contribution in [2.45, 2.75) is 40.2 Å². The van der Waals surface area contributed by atoms with Gasteiger partial charge in [0.1, 0.15) is 23.1 Å². The normalized spacial score (nSPS) is 10.8. The number of nitrogens with zero attached hydrogens (tertiary/aromatic N) is 2. The van der Waals surface area contributed by atoms with E-state index in [1.807, 2.05) is 26.0 Å². The topological polar surface area (TPSA) is 53.1 Å². The highest BCUT2D eigenvalue weighted by Gasteiger charge is 2.14. The Kier molecular flexibility index (Phi) is 4.32. The number of imidazole rings is 1. The van der Waals surface area contributed by atoms with Crippen LogP contribution in [0.3, 0.4) is 0 Å². The van der Waals surface area contributed by atoms with Crippen molar-refractivity contribution < 1.29 is 4.74 Å². The number of unbranched alkanes of at least 4 members (excludes halogenated alkanes) is 1. The Labute approximate surface area is 120 Å². The van der Waals surface area contributed by atoms with Crippen molar-refractivity contribution in [1.82, 2.24) is 9.55 Å². The second kappa shape index (κ2) is 5.99. The first kappa shape index (κ1) is 14.4. The number of aryl methyl sites for hydroxylation is 2. The number of hydrogen-bond acceptors (Lipinski definition) is 3. The monoisotopic (exact) mass is 273 g/mol. The lowest BCUT2D eigenvalue weighted by atomic mass is 10.1. The van der Waals surface area contributed by atoms with Gasteiger partial charge < -0.3 is 15.0 Å². The molecular formula is C16H23N3O. The van der Waals surface area contributed by atoms with Gasteiger partial charge in [-0.3, -0.25) is 0 Å². The van der Waals surface area contributed by atoms with Crippen molar-refractivity contribution in [2.75, 3.05) is 12.8 Å². The molecule has 0 amide bonds. The molecule has 0 spiro atoms. The van der Waals surface area contributed by atoms with Crippen molar-refractivity contribution in [2.24, 2.45) is 0 Å². The van der Waals surface area contributed by atoms with Crippen LogP contribution in [0.15, 0.2) is 18.2 Å². The number of hydrogen-bond donors (Lipinski definition) is 1. The van der Waals surface area contributed by atoms with Crippen molar-refractivity contribution in [1.29, 1.82) is 0 Å². The molecule has 0 saturated carbocycles. The fourth-order valence-corrected chi connectivity index (χ4v) is 2.42. The van der Waals surface area contributed by atoms with Gasteiger partial charge in [-0.15, -0.1) is 0 Å². The van der Waals surface area contributed by atoms with E-state index < -0.39 is 0 Å². The molecule has 2 rings (SSSR count). The molecule has 0 saturated heterocycles. The molecule has 1 aromatic heterocycles. The lowest BCUT2D eigenvalue weighted by molar-refractivity contribution is 0.412. The first-order chi connectivity index (χ1) is 9.58. The summed E-state index contributed by atoms with van der Waals surface area (Å²) in [7, 11) is 1.68. The maximum absolute atomic E-state index is 6.27. The van der Waals surface area contributed by atoms with E-state index in [0.29, 0.717) is 0 Å². The van der Waals surface area contributed by atoms with Gasteiger partial charge >= 0.3 is 0 Å². The van der Waals surface area contributed by atoms with E-state index in [0.717, 1.165) is 53.6 Å². The van der Waals surface area contributed by atoms with E-state index in [-0.39, 0.29) is 0 Å². The van der Waals surface area contributed by atoms with Gasteiger partial charge in [-0.2, -0.15) is 0 Å². The Balaban J connectivity index is 2.40. The van der Waals surface area contributed by atoms with E-state index in [9.17, 15) is 0 Å². The first-order valence-electron chi connectivity index (χ1n) is 7.06. The fourth-order valence-electron chi connectivity index (χ4n) is 2.42. The number of rotatable bonds is 5. The van der Waals surface area contributed by atoms with E-state index in [2.05, 4.69) is 22.5 Å². The van der Waals surface area contributed by atoms with Crippen LogP contribution in [0.1, 0.15) is 31.2 Å². The first-order valence-corrected chi connectivity index (χ1v) is 7.06. The molecule has 0 bridgehead atoms. The maximum Gasteiger partial charge on any atom is 0.131 e. The summed E-state index contributed by atoms with van der Waals surface area (Å²) in [5.74, 6) is 2.61. The molecule has 0 aliphatic heterocycles. The van der Waals surface area contributed by atoms with Crippen LogP contribution < -0.4 is 10.5 Å². The molecule has 4 heteroatoms. The average Bonchev–Trinajstić information content (AvgIpc) is 2.72. The summed E-state index contributed by atoms with van der Waals surface area (Å²) >= 11 is 0. The average molecular weight is 273 g/mol. The zero-order valence-electron chi connectivity index (χ0n) is 12.7. The molecule has 108 valence electrons. The van der Waals surface area contributed by atoms with Crippen LogP contribution >= 0.6 is 0 Å². The third-order valence-corrected chi connectivity index (χ3v) is 3.60. The van der Waals surface area contributed by atoms with Crippen LogP contribution in [0.25, 0.3) is 11.3 Å². The second-order valence-electron chi connectivity index (χ2n) is 5.08. The van der Waals surface area contributed by atoms with Crippen molar-refractivity contribution >= 4 is 5.82 Å². The minimum absolute atomic E-state index is 0.750. The Morgan fingerprint density at radius 1 is 1.30 bits per heavy atom. The van der Waals surface area contributed by atoms with E-state index in [1.165, 1.54) is 0 Å². The smallest absolute Gasteiger partial charge is 0.131 e. The van der Waals surface area contributed by atoms with E-state index in [1.54, 1.807) is 7.11 Å². The highest BCUT2D eigenvalue weighted by molar-refractivity contribution is 5.72. The predicted octanol–water partition coefficient (Wildman–Crippen LogP) is 3.56. The zero-order valence-corrected chi connectivity index (χ0v) is 12.7. The van der Waals surface area contributed by atoms with Crippen molar-refractivity contribution in [3.8, 4) is 17.0 Å². The van der Waals surface area contributed by atoms with Gasteiger partial charge in [0, 0.05) is 12.1 Å². The Hall–Kier alpha value is -1.97. The van der Waals surface area contributed by atoms with Gasteiger partial charge in [-0.25, -0.2) is 4.98 Å². The second-order valence-corrected chi connectivity index (χ2v) is 5.08. The SMILES string of the molecule is CCCCn1c(C)nc(-c2ccc(OC)c(C)c2)c1N. The lowest BCUT2D eigenvalue weighted by Gasteiger charge is -2.08. The van der Waals surface area contributed by atoms with E-state index >= 15 is 0 Å².